The molecule has 5 amide bonds. The molecule has 1 aliphatic rings. The van der Waals surface area contributed by atoms with Gasteiger partial charge in [-0.25, -0.2) is 4.79 Å². The van der Waals surface area contributed by atoms with Gasteiger partial charge in [0.15, 0.2) is 0 Å². The molecule has 0 aliphatic carbocycles. The molecule has 0 saturated carbocycles. The van der Waals surface area contributed by atoms with Crippen LogP contribution >= 0.6 is 0 Å². The Morgan fingerprint density at radius 3 is 1.98 bits per heavy atom. The number of hydrogen-bond donors (Lipinski definition) is 6. The van der Waals surface area contributed by atoms with Gasteiger partial charge in [0, 0.05) is 6.54 Å². The maximum Gasteiger partial charge on any atom is 0.326 e. The number of carbonyl (C=O) groups excluding carboxylic acids is 5. The Balaban J connectivity index is 2.86. The first-order valence-electron chi connectivity index (χ1n) is 15.5. The number of carboxylic acids is 1. The minimum Gasteiger partial charge on any atom is -0.480 e. The van der Waals surface area contributed by atoms with Crippen LogP contribution < -0.4 is 27.0 Å². The zero-order chi connectivity index (χ0) is 33.0. The summed E-state index contributed by atoms with van der Waals surface area (Å²) in [6, 6.07) is -4.52. The topological polar surface area (TPSA) is 200 Å². The van der Waals surface area contributed by atoms with Crippen molar-refractivity contribution < 1.29 is 33.9 Å². The Morgan fingerprint density at radius 2 is 1.47 bits per heavy atom. The number of likely N-dealkylation sites (tertiary alicyclic amines) is 1. The quantitative estimate of drug-likeness (QED) is 0.139. The third kappa shape index (κ3) is 11.4. The Kier molecular flexibility index (Phi) is 15.6. The van der Waals surface area contributed by atoms with Gasteiger partial charge in [-0.15, -0.1) is 0 Å². The van der Waals surface area contributed by atoms with E-state index in [1.807, 2.05) is 34.6 Å². The Hall–Kier alpha value is -3.22. The summed E-state index contributed by atoms with van der Waals surface area (Å²) in [4.78, 5) is 78.1. The number of aliphatic carboxylic acids is 1. The van der Waals surface area contributed by atoms with Gasteiger partial charge in [-0.3, -0.25) is 24.0 Å². The van der Waals surface area contributed by atoms with E-state index in [1.165, 1.54) is 4.90 Å². The molecule has 13 heteroatoms. The van der Waals surface area contributed by atoms with Crippen LogP contribution in [0.25, 0.3) is 0 Å². The van der Waals surface area contributed by atoms with E-state index in [0.717, 1.165) is 6.42 Å². The standard InChI is InChI=1S/C30H54N6O7/c1-9-18(7)23(31)29(41)36-13-11-12-21(36)27(39)34-24(17(5)6)28(40)32-15-22(37)33-20(14-16(3)4)26(38)35-25(30(42)43)19(8)10-2/h16-21,23-25H,9-15,31H2,1-8H3,(H,32,40)(H,33,37)(H,34,39)(H,35,38)(H,42,43)/t18-,19-,20-,21-,23-,24-,25-/m0/s1. The number of carbonyl (C=O) groups is 6. The van der Waals surface area contributed by atoms with Crippen molar-refractivity contribution in [1.82, 2.24) is 26.2 Å². The highest BCUT2D eigenvalue weighted by Crippen LogP contribution is 2.21. The van der Waals surface area contributed by atoms with Crippen LogP contribution in [0.1, 0.15) is 87.5 Å². The van der Waals surface area contributed by atoms with E-state index in [4.69, 9.17) is 5.73 Å². The van der Waals surface area contributed by atoms with E-state index < -0.39 is 66.4 Å². The monoisotopic (exact) mass is 610 g/mol. The zero-order valence-electron chi connectivity index (χ0n) is 27.1. The summed E-state index contributed by atoms with van der Waals surface area (Å²) in [5, 5.41) is 19.9. The molecule has 13 nitrogen and oxygen atoms in total. The predicted molar refractivity (Wildman–Crippen MR) is 162 cm³/mol. The summed E-state index contributed by atoms with van der Waals surface area (Å²) in [5.41, 5.74) is 6.14. The van der Waals surface area contributed by atoms with Crippen LogP contribution in [0.3, 0.4) is 0 Å². The van der Waals surface area contributed by atoms with Crippen LogP contribution in [0, 0.1) is 23.7 Å². The second-order valence-electron chi connectivity index (χ2n) is 12.5. The largest absolute Gasteiger partial charge is 0.480 e. The number of nitrogens with two attached hydrogens (primary N) is 1. The van der Waals surface area contributed by atoms with Crippen molar-refractivity contribution in [3.8, 4) is 0 Å². The number of carboxylic acid groups (broad SMARTS) is 1. The summed E-state index contributed by atoms with van der Waals surface area (Å²) >= 11 is 0. The van der Waals surface area contributed by atoms with Crippen molar-refractivity contribution in [3.63, 3.8) is 0 Å². The molecular formula is C30H54N6O7. The lowest BCUT2D eigenvalue weighted by Crippen LogP contribution is -2.58. The van der Waals surface area contributed by atoms with Crippen molar-refractivity contribution in [2.45, 2.75) is 118 Å². The summed E-state index contributed by atoms with van der Waals surface area (Å²) < 4.78 is 0. The van der Waals surface area contributed by atoms with Gasteiger partial charge in [0.2, 0.25) is 29.5 Å². The third-order valence-corrected chi connectivity index (χ3v) is 8.19. The van der Waals surface area contributed by atoms with Crippen molar-refractivity contribution >= 4 is 35.5 Å². The van der Waals surface area contributed by atoms with Gasteiger partial charge in [-0.2, -0.15) is 0 Å². The van der Waals surface area contributed by atoms with Crippen LogP contribution in [-0.2, 0) is 28.8 Å². The van der Waals surface area contributed by atoms with Crippen LogP contribution in [0.15, 0.2) is 0 Å². The number of rotatable bonds is 17. The van der Waals surface area contributed by atoms with Gasteiger partial charge >= 0.3 is 5.97 Å². The van der Waals surface area contributed by atoms with Gasteiger partial charge in [0.05, 0.1) is 12.6 Å². The van der Waals surface area contributed by atoms with Crippen molar-refractivity contribution in [2.75, 3.05) is 13.1 Å². The fourth-order valence-corrected chi connectivity index (χ4v) is 4.94. The molecule has 0 unspecified atom stereocenters. The average molecular weight is 611 g/mol. The molecule has 1 rings (SSSR count). The SMILES string of the molecule is CC[C@H](C)[C@H](N)C(=O)N1CCC[C@H]1C(=O)N[C@H](C(=O)NCC(=O)N[C@@H](CC(C)C)C(=O)N[C@H](C(=O)O)[C@@H](C)CC)C(C)C. The molecule has 1 aliphatic heterocycles. The number of hydrogen-bond acceptors (Lipinski definition) is 7. The summed E-state index contributed by atoms with van der Waals surface area (Å²) in [6.07, 6.45) is 2.63. The van der Waals surface area contributed by atoms with E-state index >= 15 is 0 Å². The highest BCUT2D eigenvalue weighted by atomic mass is 16.4. The molecule has 0 aromatic carbocycles. The van der Waals surface area contributed by atoms with Crippen molar-refractivity contribution in [3.05, 3.63) is 0 Å². The normalized spacial score (nSPS) is 19.1. The summed E-state index contributed by atoms with van der Waals surface area (Å²) in [5.74, 6) is -4.40. The van der Waals surface area contributed by atoms with Gasteiger partial charge in [0.1, 0.15) is 24.2 Å². The molecule has 0 aromatic heterocycles. The fraction of sp³-hybridized carbons (Fsp3) is 0.800. The molecule has 7 atom stereocenters. The molecule has 0 spiro atoms. The zero-order valence-corrected chi connectivity index (χ0v) is 27.1. The molecule has 1 fully saturated rings. The number of amides is 5. The lowest BCUT2D eigenvalue weighted by molar-refractivity contribution is -0.144. The molecular weight excluding hydrogens is 556 g/mol. The molecule has 43 heavy (non-hydrogen) atoms. The molecule has 7 N–H and O–H groups in total. The van der Waals surface area contributed by atoms with Gasteiger partial charge in [-0.05, 0) is 42.9 Å². The minimum absolute atomic E-state index is 0.0137. The first-order valence-corrected chi connectivity index (χ1v) is 15.5. The van der Waals surface area contributed by atoms with E-state index in [0.29, 0.717) is 25.8 Å². The Labute approximate surface area is 255 Å². The van der Waals surface area contributed by atoms with E-state index in [-0.39, 0.29) is 36.0 Å². The molecule has 0 bridgehead atoms. The second-order valence-corrected chi connectivity index (χ2v) is 12.5. The van der Waals surface area contributed by atoms with Gasteiger partial charge in [0.25, 0.3) is 0 Å². The summed E-state index contributed by atoms with van der Waals surface area (Å²) in [6.45, 7) is 14.6. The molecule has 1 saturated heterocycles. The van der Waals surface area contributed by atoms with E-state index in [9.17, 15) is 33.9 Å². The predicted octanol–water partition coefficient (Wildman–Crippen LogP) is 0.754. The van der Waals surface area contributed by atoms with Crippen molar-refractivity contribution in [2.24, 2.45) is 29.4 Å². The van der Waals surface area contributed by atoms with Crippen molar-refractivity contribution in [1.29, 1.82) is 0 Å². The van der Waals surface area contributed by atoms with Crippen LogP contribution in [-0.4, -0.2) is 88.8 Å². The maximum absolute atomic E-state index is 13.2. The molecule has 246 valence electrons. The molecule has 0 aromatic rings. The third-order valence-electron chi connectivity index (χ3n) is 8.19. The van der Waals surface area contributed by atoms with E-state index in [1.54, 1.807) is 20.8 Å². The lowest BCUT2D eigenvalue weighted by Gasteiger charge is -2.30. The minimum atomic E-state index is -1.16. The second kappa shape index (κ2) is 17.8. The smallest absolute Gasteiger partial charge is 0.326 e. The van der Waals surface area contributed by atoms with Crippen LogP contribution in [0.5, 0.6) is 0 Å². The highest BCUT2D eigenvalue weighted by Gasteiger charge is 2.39. The Bertz CT molecular complexity index is 988. The number of nitrogens with one attached hydrogen (secondary N) is 4. The van der Waals surface area contributed by atoms with Gasteiger partial charge < -0.3 is 37.0 Å². The van der Waals surface area contributed by atoms with Gasteiger partial charge in [-0.1, -0.05) is 68.2 Å². The first kappa shape index (κ1) is 37.8. The van der Waals surface area contributed by atoms with Crippen LogP contribution in [0.2, 0.25) is 0 Å². The average Bonchev–Trinajstić information content (AvgIpc) is 3.44. The lowest BCUT2D eigenvalue weighted by atomic mass is 9.97. The molecule has 1 heterocycles. The Morgan fingerprint density at radius 1 is 0.860 bits per heavy atom. The number of nitrogens with zero attached hydrogens (tertiary/aromatic N) is 1. The summed E-state index contributed by atoms with van der Waals surface area (Å²) in [7, 11) is 0. The van der Waals surface area contributed by atoms with Crippen LogP contribution in [0.4, 0.5) is 0 Å². The molecule has 0 radical (unpaired) electrons. The van der Waals surface area contributed by atoms with E-state index in [2.05, 4.69) is 21.3 Å². The highest BCUT2D eigenvalue weighted by molar-refractivity contribution is 5.95. The fourth-order valence-electron chi connectivity index (χ4n) is 4.94. The maximum atomic E-state index is 13.2. The first-order chi connectivity index (χ1) is 20.0.